The topological polar surface area (TPSA) is 56.8 Å². The highest BCUT2D eigenvalue weighted by molar-refractivity contribution is 5.91. The maximum atomic E-state index is 11.8. The second-order valence-corrected chi connectivity index (χ2v) is 5.40. The summed E-state index contributed by atoms with van der Waals surface area (Å²) in [6, 6.07) is 13.4. The monoisotopic (exact) mass is 325 g/mol. The van der Waals surface area contributed by atoms with Crippen LogP contribution in [-0.2, 0) is 4.79 Å². The summed E-state index contributed by atoms with van der Waals surface area (Å²) in [5, 5.41) is 2.78. The first-order chi connectivity index (χ1) is 11.7. The number of hydrogen-bond donors (Lipinski definition) is 1. The second-order valence-electron chi connectivity index (χ2n) is 5.40. The van der Waals surface area contributed by atoms with Crippen LogP contribution in [0.1, 0.15) is 11.1 Å². The highest BCUT2D eigenvalue weighted by Crippen LogP contribution is 2.32. The van der Waals surface area contributed by atoms with Gasteiger partial charge in [-0.2, -0.15) is 0 Å². The summed E-state index contributed by atoms with van der Waals surface area (Å²) in [6.45, 7) is 3.12. The van der Waals surface area contributed by atoms with Crippen LogP contribution < -0.4 is 19.5 Å². The Balaban J connectivity index is 1.42. The van der Waals surface area contributed by atoms with Crippen molar-refractivity contribution in [3.05, 3.63) is 59.7 Å². The molecule has 1 aliphatic rings. The largest absolute Gasteiger partial charge is 0.492 e. The molecule has 5 heteroatoms. The molecule has 1 aliphatic heterocycles. The molecule has 0 atom stereocenters. The van der Waals surface area contributed by atoms with Gasteiger partial charge in [0, 0.05) is 6.08 Å². The number of carbonyl (C=O) groups excluding carboxylic acids is 1. The van der Waals surface area contributed by atoms with Gasteiger partial charge in [0.25, 0.3) is 0 Å². The first-order valence-electron chi connectivity index (χ1n) is 7.76. The molecule has 0 saturated carbocycles. The van der Waals surface area contributed by atoms with Crippen LogP contribution in [0.25, 0.3) is 6.08 Å². The summed E-state index contributed by atoms with van der Waals surface area (Å²) in [5.74, 6) is 2.06. The third-order valence-corrected chi connectivity index (χ3v) is 3.48. The molecule has 0 unspecified atom stereocenters. The third kappa shape index (κ3) is 4.29. The van der Waals surface area contributed by atoms with Crippen LogP contribution in [0.2, 0.25) is 0 Å². The van der Waals surface area contributed by atoms with Crippen LogP contribution >= 0.6 is 0 Å². The zero-order chi connectivity index (χ0) is 16.8. The van der Waals surface area contributed by atoms with Crippen molar-refractivity contribution in [1.82, 2.24) is 5.32 Å². The van der Waals surface area contributed by atoms with E-state index in [9.17, 15) is 4.79 Å². The Bertz CT molecular complexity index is 755. The minimum absolute atomic E-state index is 0.166. The van der Waals surface area contributed by atoms with Gasteiger partial charge in [0.05, 0.1) is 6.54 Å². The predicted molar refractivity (Wildman–Crippen MR) is 91.3 cm³/mol. The molecule has 0 radical (unpaired) electrons. The van der Waals surface area contributed by atoms with Gasteiger partial charge >= 0.3 is 0 Å². The fraction of sp³-hybridized carbons (Fsp3) is 0.211. The standard InChI is InChI=1S/C19H19NO4/c1-14-3-2-4-16(11-14)22-10-9-20-19(21)8-6-15-5-7-17-18(12-15)24-13-23-17/h2-8,11-12H,9-10,13H2,1H3,(H,20,21)/b8-6+. The number of ether oxygens (including phenoxy) is 3. The first kappa shape index (κ1) is 15.9. The number of carbonyl (C=O) groups is 1. The molecular formula is C19H19NO4. The van der Waals surface area contributed by atoms with E-state index in [2.05, 4.69) is 5.32 Å². The third-order valence-electron chi connectivity index (χ3n) is 3.48. The molecule has 1 N–H and O–H groups in total. The molecule has 1 amide bonds. The quantitative estimate of drug-likeness (QED) is 0.655. The van der Waals surface area contributed by atoms with Gasteiger partial charge in [-0.1, -0.05) is 18.2 Å². The van der Waals surface area contributed by atoms with E-state index in [1.165, 1.54) is 6.08 Å². The van der Waals surface area contributed by atoms with E-state index in [0.29, 0.717) is 18.9 Å². The van der Waals surface area contributed by atoms with Gasteiger partial charge in [-0.3, -0.25) is 4.79 Å². The molecule has 0 spiro atoms. The van der Waals surface area contributed by atoms with Crippen LogP contribution in [0.3, 0.4) is 0 Å². The van der Waals surface area contributed by atoms with Crippen LogP contribution in [0.4, 0.5) is 0 Å². The minimum atomic E-state index is -0.166. The van der Waals surface area contributed by atoms with Crippen molar-refractivity contribution >= 4 is 12.0 Å². The van der Waals surface area contributed by atoms with Crippen LogP contribution in [-0.4, -0.2) is 25.9 Å². The Morgan fingerprint density at radius 3 is 2.96 bits per heavy atom. The fourth-order valence-corrected chi connectivity index (χ4v) is 2.30. The Kier molecular flexibility index (Phi) is 5.01. The van der Waals surface area contributed by atoms with Crippen molar-refractivity contribution < 1.29 is 19.0 Å². The van der Waals surface area contributed by atoms with Crippen molar-refractivity contribution in [2.45, 2.75) is 6.92 Å². The number of aryl methyl sites for hydroxylation is 1. The highest BCUT2D eigenvalue weighted by atomic mass is 16.7. The summed E-state index contributed by atoms with van der Waals surface area (Å²) in [7, 11) is 0. The number of benzene rings is 2. The average molecular weight is 325 g/mol. The molecular weight excluding hydrogens is 306 g/mol. The Hall–Kier alpha value is -2.95. The Morgan fingerprint density at radius 2 is 2.08 bits per heavy atom. The lowest BCUT2D eigenvalue weighted by Crippen LogP contribution is -2.26. The van der Waals surface area contributed by atoms with Gasteiger partial charge in [0.2, 0.25) is 12.7 Å². The second kappa shape index (κ2) is 7.55. The number of amides is 1. The van der Waals surface area contributed by atoms with Crippen LogP contribution in [0.15, 0.2) is 48.5 Å². The fourth-order valence-electron chi connectivity index (χ4n) is 2.30. The molecule has 0 fully saturated rings. The molecule has 0 bridgehead atoms. The summed E-state index contributed by atoms with van der Waals surface area (Å²) < 4.78 is 16.1. The Labute approximate surface area is 140 Å². The zero-order valence-corrected chi connectivity index (χ0v) is 13.5. The molecule has 0 aliphatic carbocycles. The van der Waals surface area contributed by atoms with Crippen molar-refractivity contribution in [3.63, 3.8) is 0 Å². The summed E-state index contributed by atoms with van der Waals surface area (Å²) in [5.41, 5.74) is 2.02. The van der Waals surface area contributed by atoms with Crippen LogP contribution in [0.5, 0.6) is 17.2 Å². The summed E-state index contributed by atoms with van der Waals surface area (Å²) in [6.07, 6.45) is 3.23. The number of rotatable bonds is 6. The maximum absolute atomic E-state index is 11.8. The van der Waals surface area contributed by atoms with Gasteiger partial charge < -0.3 is 19.5 Å². The number of nitrogens with one attached hydrogen (secondary N) is 1. The van der Waals surface area contributed by atoms with E-state index in [1.807, 2.05) is 49.4 Å². The van der Waals surface area contributed by atoms with Crippen molar-refractivity contribution in [3.8, 4) is 17.2 Å². The first-order valence-corrected chi connectivity index (χ1v) is 7.76. The minimum Gasteiger partial charge on any atom is -0.492 e. The lowest BCUT2D eigenvalue weighted by Gasteiger charge is -2.07. The van der Waals surface area contributed by atoms with E-state index in [4.69, 9.17) is 14.2 Å². The lowest BCUT2D eigenvalue weighted by molar-refractivity contribution is -0.116. The maximum Gasteiger partial charge on any atom is 0.244 e. The molecule has 2 aromatic carbocycles. The van der Waals surface area contributed by atoms with Crippen molar-refractivity contribution in [2.75, 3.05) is 19.9 Å². The average Bonchev–Trinajstić information content (AvgIpc) is 3.05. The zero-order valence-electron chi connectivity index (χ0n) is 13.5. The SMILES string of the molecule is Cc1cccc(OCCNC(=O)/C=C/c2ccc3c(c2)OCO3)c1. The van der Waals surface area contributed by atoms with Crippen LogP contribution in [0, 0.1) is 6.92 Å². The Morgan fingerprint density at radius 1 is 1.21 bits per heavy atom. The van der Waals surface area contributed by atoms with Gasteiger partial charge in [-0.05, 0) is 48.4 Å². The molecule has 0 aromatic heterocycles. The summed E-state index contributed by atoms with van der Waals surface area (Å²) in [4.78, 5) is 11.8. The molecule has 1 heterocycles. The smallest absolute Gasteiger partial charge is 0.244 e. The van der Waals surface area contributed by atoms with E-state index >= 15 is 0 Å². The molecule has 124 valence electrons. The lowest BCUT2D eigenvalue weighted by atomic mass is 10.2. The van der Waals surface area contributed by atoms with E-state index in [1.54, 1.807) is 6.08 Å². The van der Waals surface area contributed by atoms with Gasteiger partial charge in [-0.25, -0.2) is 0 Å². The molecule has 3 rings (SSSR count). The number of fused-ring (bicyclic) bond motifs is 1. The predicted octanol–water partition coefficient (Wildman–Crippen LogP) is 2.93. The normalized spacial score (nSPS) is 12.4. The number of hydrogen-bond acceptors (Lipinski definition) is 4. The van der Waals surface area contributed by atoms with Gasteiger partial charge in [-0.15, -0.1) is 0 Å². The summed E-state index contributed by atoms with van der Waals surface area (Å²) >= 11 is 0. The van der Waals surface area contributed by atoms with E-state index in [-0.39, 0.29) is 12.7 Å². The molecule has 24 heavy (non-hydrogen) atoms. The van der Waals surface area contributed by atoms with Crippen molar-refractivity contribution in [1.29, 1.82) is 0 Å². The highest BCUT2D eigenvalue weighted by Gasteiger charge is 2.12. The van der Waals surface area contributed by atoms with Gasteiger partial charge in [0.15, 0.2) is 11.5 Å². The van der Waals surface area contributed by atoms with Crippen molar-refractivity contribution in [2.24, 2.45) is 0 Å². The molecule has 0 saturated heterocycles. The molecule has 2 aromatic rings. The van der Waals surface area contributed by atoms with Gasteiger partial charge in [0.1, 0.15) is 12.4 Å². The van der Waals surface area contributed by atoms with E-state index < -0.39 is 0 Å². The molecule has 5 nitrogen and oxygen atoms in total. The van der Waals surface area contributed by atoms with E-state index in [0.717, 1.165) is 22.6 Å².